The molecular formula is C19H20N2O. The van der Waals surface area contributed by atoms with Crippen molar-refractivity contribution in [3.8, 4) is 5.75 Å². The molecule has 1 atom stereocenters. The molecule has 3 rings (SSSR count). The first-order valence-corrected chi connectivity index (χ1v) is 7.47. The van der Waals surface area contributed by atoms with Gasteiger partial charge in [0.15, 0.2) is 0 Å². The number of methoxy groups -OCH3 is 1. The quantitative estimate of drug-likeness (QED) is 0.769. The molecule has 1 heterocycles. The van der Waals surface area contributed by atoms with Crippen molar-refractivity contribution in [2.75, 3.05) is 7.11 Å². The van der Waals surface area contributed by atoms with Crippen LogP contribution < -0.4 is 10.1 Å². The molecule has 0 radical (unpaired) electrons. The predicted octanol–water partition coefficient (Wildman–Crippen LogP) is 4.09. The average Bonchev–Trinajstić information content (AvgIpc) is 2.59. The zero-order chi connectivity index (χ0) is 15.4. The highest BCUT2D eigenvalue weighted by Crippen LogP contribution is 2.22. The molecule has 1 unspecified atom stereocenters. The third kappa shape index (κ3) is 3.26. The highest BCUT2D eigenvalue weighted by atomic mass is 16.5. The van der Waals surface area contributed by atoms with E-state index in [1.807, 2.05) is 30.5 Å². The Morgan fingerprint density at radius 1 is 1.05 bits per heavy atom. The van der Waals surface area contributed by atoms with Gasteiger partial charge in [-0.15, -0.1) is 0 Å². The van der Waals surface area contributed by atoms with Crippen LogP contribution in [0.25, 0.3) is 10.8 Å². The lowest BCUT2D eigenvalue weighted by atomic mass is 10.1. The molecule has 112 valence electrons. The third-order valence-corrected chi connectivity index (χ3v) is 3.86. The van der Waals surface area contributed by atoms with Crippen LogP contribution in [0.15, 0.2) is 60.8 Å². The van der Waals surface area contributed by atoms with E-state index in [4.69, 9.17) is 4.74 Å². The number of nitrogens with one attached hydrogen (secondary N) is 1. The van der Waals surface area contributed by atoms with Gasteiger partial charge >= 0.3 is 0 Å². The van der Waals surface area contributed by atoms with Crippen LogP contribution in [0.3, 0.4) is 0 Å². The zero-order valence-electron chi connectivity index (χ0n) is 12.9. The average molecular weight is 292 g/mol. The monoisotopic (exact) mass is 292 g/mol. The summed E-state index contributed by atoms with van der Waals surface area (Å²) >= 11 is 0. The molecule has 0 spiro atoms. The third-order valence-electron chi connectivity index (χ3n) is 3.86. The van der Waals surface area contributed by atoms with Crippen LogP contribution in [0, 0.1) is 0 Å². The summed E-state index contributed by atoms with van der Waals surface area (Å²) in [5.41, 5.74) is 2.33. The van der Waals surface area contributed by atoms with E-state index in [-0.39, 0.29) is 6.04 Å². The Balaban J connectivity index is 1.71. The van der Waals surface area contributed by atoms with Crippen LogP contribution >= 0.6 is 0 Å². The number of hydrogen-bond acceptors (Lipinski definition) is 3. The first kappa shape index (κ1) is 14.5. The smallest absolute Gasteiger partial charge is 0.119 e. The summed E-state index contributed by atoms with van der Waals surface area (Å²) in [4.78, 5) is 4.38. The van der Waals surface area contributed by atoms with Crippen LogP contribution in [0.5, 0.6) is 5.75 Å². The molecule has 0 bridgehead atoms. The minimum absolute atomic E-state index is 0.229. The first-order chi connectivity index (χ1) is 10.8. The Morgan fingerprint density at radius 2 is 1.86 bits per heavy atom. The van der Waals surface area contributed by atoms with Gasteiger partial charge in [0.1, 0.15) is 5.75 Å². The van der Waals surface area contributed by atoms with E-state index >= 15 is 0 Å². The molecular weight excluding hydrogens is 272 g/mol. The van der Waals surface area contributed by atoms with Gasteiger partial charge < -0.3 is 10.1 Å². The molecule has 3 aromatic rings. The van der Waals surface area contributed by atoms with Gasteiger partial charge in [0.2, 0.25) is 0 Å². The van der Waals surface area contributed by atoms with E-state index in [1.165, 1.54) is 16.3 Å². The van der Waals surface area contributed by atoms with Gasteiger partial charge in [0, 0.05) is 18.8 Å². The number of hydrogen-bond donors (Lipinski definition) is 1. The van der Waals surface area contributed by atoms with Crippen molar-refractivity contribution in [2.45, 2.75) is 19.5 Å². The SMILES string of the molecule is COc1ccc2cc(CNC(C)c3ccccn3)ccc2c1. The van der Waals surface area contributed by atoms with E-state index in [0.29, 0.717) is 0 Å². The lowest BCUT2D eigenvalue weighted by Gasteiger charge is -2.13. The molecule has 0 fully saturated rings. The minimum Gasteiger partial charge on any atom is -0.497 e. The maximum absolute atomic E-state index is 5.26. The molecule has 0 saturated carbocycles. The summed E-state index contributed by atoms with van der Waals surface area (Å²) in [7, 11) is 1.69. The Bertz CT molecular complexity index is 756. The molecule has 0 aliphatic heterocycles. The molecule has 22 heavy (non-hydrogen) atoms. The van der Waals surface area contributed by atoms with Gasteiger partial charge in [-0.3, -0.25) is 4.98 Å². The summed E-state index contributed by atoms with van der Waals surface area (Å²) in [5.74, 6) is 0.891. The second-order valence-electron chi connectivity index (χ2n) is 5.40. The molecule has 0 aliphatic carbocycles. The normalized spacial score (nSPS) is 12.3. The van der Waals surface area contributed by atoms with Crippen LogP contribution in [0.2, 0.25) is 0 Å². The van der Waals surface area contributed by atoms with Crippen molar-refractivity contribution < 1.29 is 4.74 Å². The maximum Gasteiger partial charge on any atom is 0.119 e. The first-order valence-electron chi connectivity index (χ1n) is 7.47. The predicted molar refractivity (Wildman–Crippen MR) is 90.0 cm³/mol. The van der Waals surface area contributed by atoms with E-state index in [9.17, 15) is 0 Å². The van der Waals surface area contributed by atoms with Crippen LogP contribution in [0.4, 0.5) is 0 Å². The Labute approximate surface area is 131 Å². The van der Waals surface area contributed by atoms with Crippen molar-refractivity contribution in [2.24, 2.45) is 0 Å². The molecule has 0 saturated heterocycles. The van der Waals surface area contributed by atoms with Gasteiger partial charge in [-0.2, -0.15) is 0 Å². The van der Waals surface area contributed by atoms with Gasteiger partial charge in [-0.25, -0.2) is 0 Å². The minimum atomic E-state index is 0.229. The molecule has 1 N–H and O–H groups in total. The van der Waals surface area contributed by atoms with Crippen LogP contribution in [-0.2, 0) is 6.54 Å². The number of benzene rings is 2. The van der Waals surface area contributed by atoms with E-state index in [2.05, 4.69) is 47.6 Å². The van der Waals surface area contributed by atoms with Gasteiger partial charge in [-0.1, -0.05) is 24.3 Å². The fraction of sp³-hybridized carbons (Fsp3) is 0.211. The molecule has 1 aromatic heterocycles. The molecule has 0 amide bonds. The Kier molecular flexibility index (Phi) is 4.35. The largest absolute Gasteiger partial charge is 0.497 e. The molecule has 3 heteroatoms. The van der Waals surface area contributed by atoms with E-state index in [0.717, 1.165) is 18.0 Å². The Hall–Kier alpha value is -2.39. The number of ether oxygens (including phenoxy) is 1. The summed E-state index contributed by atoms with van der Waals surface area (Å²) in [5, 5.41) is 5.94. The highest BCUT2D eigenvalue weighted by Gasteiger charge is 2.06. The topological polar surface area (TPSA) is 34.1 Å². The molecule has 3 nitrogen and oxygen atoms in total. The van der Waals surface area contributed by atoms with Crippen molar-refractivity contribution in [1.29, 1.82) is 0 Å². The van der Waals surface area contributed by atoms with Crippen LogP contribution in [-0.4, -0.2) is 12.1 Å². The number of rotatable bonds is 5. The van der Waals surface area contributed by atoms with Gasteiger partial charge in [0.05, 0.1) is 12.8 Å². The number of fused-ring (bicyclic) bond motifs is 1. The summed E-state index contributed by atoms with van der Waals surface area (Å²) in [6, 6.07) is 18.9. The van der Waals surface area contributed by atoms with Crippen LogP contribution in [0.1, 0.15) is 24.2 Å². The van der Waals surface area contributed by atoms with E-state index < -0.39 is 0 Å². The fourth-order valence-electron chi connectivity index (χ4n) is 2.52. The van der Waals surface area contributed by atoms with Crippen molar-refractivity contribution in [1.82, 2.24) is 10.3 Å². The van der Waals surface area contributed by atoms with Crippen molar-refractivity contribution >= 4 is 10.8 Å². The Morgan fingerprint density at radius 3 is 2.64 bits per heavy atom. The highest BCUT2D eigenvalue weighted by molar-refractivity contribution is 5.84. The summed E-state index contributed by atoms with van der Waals surface area (Å²) < 4.78 is 5.26. The van der Waals surface area contributed by atoms with Crippen molar-refractivity contribution in [3.63, 3.8) is 0 Å². The molecule has 2 aromatic carbocycles. The standard InChI is InChI=1S/C19H20N2O/c1-14(19-5-3-4-10-20-19)21-13-15-6-7-17-12-18(22-2)9-8-16(17)11-15/h3-12,14,21H,13H2,1-2H3. The fourth-order valence-corrected chi connectivity index (χ4v) is 2.52. The lowest BCUT2D eigenvalue weighted by Crippen LogP contribution is -2.18. The molecule has 0 aliphatic rings. The zero-order valence-corrected chi connectivity index (χ0v) is 12.9. The number of pyridine rings is 1. The summed E-state index contributed by atoms with van der Waals surface area (Å²) in [6.45, 7) is 2.95. The maximum atomic E-state index is 5.26. The second-order valence-corrected chi connectivity index (χ2v) is 5.40. The van der Waals surface area contributed by atoms with Gasteiger partial charge in [0.25, 0.3) is 0 Å². The van der Waals surface area contributed by atoms with E-state index in [1.54, 1.807) is 7.11 Å². The van der Waals surface area contributed by atoms with Gasteiger partial charge in [-0.05, 0) is 53.6 Å². The van der Waals surface area contributed by atoms with Crippen molar-refractivity contribution in [3.05, 3.63) is 72.1 Å². The number of aromatic nitrogens is 1. The second kappa shape index (κ2) is 6.58. The lowest BCUT2D eigenvalue weighted by molar-refractivity contribution is 0.415. The summed E-state index contributed by atoms with van der Waals surface area (Å²) in [6.07, 6.45) is 1.83. The number of nitrogens with zero attached hydrogens (tertiary/aromatic N) is 1.